The highest BCUT2D eigenvalue weighted by molar-refractivity contribution is 5.92. The Bertz CT molecular complexity index is 1350. The smallest absolute Gasteiger partial charge is 0.316 e. The second kappa shape index (κ2) is 11.6. The van der Waals surface area contributed by atoms with E-state index in [4.69, 9.17) is 15.5 Å². The molecule has 5 bridgehead atoms. The van der Waals surface area contributed by atoms with E-state index >= 15 is 0 Å². The normalized spacial score (nSPS) is 26.7. The number of anilines is 1. The minimum absolute atomic E-state index is 0.307. The number of amides is 2. The first-order chi connectivity index (χ1) is 18.9. The van der Waals surface area contributed by atoms with Gasteiger partial charge in [-0.15, -0.1) is 0 Å². The third-order valence-corrected chi connectivity index (χ3v) is 7.15. The molecule has 2 aromatic rings. The van der Waals surface area contributed by atoms with E-state index in [1.807, 2.05) is 36.4 Å². The molecule has 1 fully saturated rings. The Morgan fingerprint density at radius 3 is 2.60 bits per heavy atom. The van der Waals surface area contributed by atoms with Crippen LogP contribution in [0, 0.1) is 11.3 Å². The third-order valence-electron chi connectivity index (χ3n) is 7.15. The summed E-state index contributed by atoms with van der Waals surface area (Å²) >= 11 is 0. The van der Waals surface area contributed by atoms with E-state index in [2.05, 4.69) is 15.8 Å². The number of pyridine rings is 1. The van der Waals surface area contributed by atoms with Gasteiger partial charge in [0.25, 0.3) is 11.8 Å². The van der Waals surface area contributed by atoms with Crippen molar-refractivity contribution < 1.29 is 19.1 Å². The molecule has 1 aromatic carbocycles. The molecule has 1 aromatic heterocycles. The molecule has 3 heterocycles. The van der Waals surface area contributed by atoms with E-state index in [-0.39, 0.29) is 17.9 Å². The first kappa shape index (κ1) is 29.0. The van der Waals surface area contributed by atoms with Crippen LogP contribution in [0.2, 0.25) is 0 Å². The lowest BCUT2D eigenvalue weighted by molar-refractivity contribution is -0.165. The maximum atomic E-state index is 13.2. The van der Waals surface area contributed by atoms with E-state index in [1.54, 1.807) is 52.8 Å². The largest absolute Gasteiger partial charge is 0.451 e. The standard InChI is InChI=1S/C29H39N7O4/c1-17(2)24-26(37)31-18(3)27(38)36-15-7-8-21(33-36)25(30)34-35(6)23-12-11-20-10-9-19(16-22(20)32-23)13-14-29(4,5)28(39)40-24/h9-14,16-18,21,24,33H,7-8,15H2,1-6H3,(H2,30,34)(H,31,37)/b14-13+. The van der Waals surface area contributed by atoms with Crippen LogP contribution in [0.1, 0.15) is 53.0 Å². The summed E-state index contributed by atoms with van der Waals surface area (Å²) in [5.74, 6) is -0.783. The minimum Gasteiger partial charge on any atom is -0.451 e. The zero-order valence-electron chi connectivity index (χ0n) is 24.0. The molecule has 11 heteroatoms. The maximum absolute atomic E-state index is 13.2. The van der Waals surface area contributed by atoms with E-state index in [0.717, 1.165) is 16.5 Å². The maximum Gasteiger partial charge on any atom is 0.316 e. The van der Waals surface area contributed by atoms with E-state index in [0.29, 0.717) is 31.0 Å². The number of hydrazine groups is 1. The Labute approximate surface area is 234 Å². The summed E-state index contributed by atoms with van der Waals surface area (Å²) < 4.78 is 5.71. The molecule has 4 N–H and O–H groups in total. The van der Waals surface area contributed by atoms with Crippen molar-refractivity contribution in [3.63, 3.8) is 0 Å². The molecular weight excluding hydrogens is 510 g/mol. The Morgan fingerprint density at radius 1 is 1.15 bits per heavy atom. The number of hydrogen-bond acceptors (Lipinski definition) is 9. The molecule has 0 radical (unpaired) electrons. The number of hydrogen-bond donors (Lipinski definition) is 3. The van der Waals surface area contributed by atoms with Crippen LogP contribution in [-0.2, 0) is 19.1 Å². The third kappa shape index (κ3) is 6.41. The van der Waals surface area contributed by atoms with Crippen molar-refractivity contribution in [3.8, 4) is 0 Å². The lowest BCUT2D eigenvalue weighted by atomic mass is 9.92. The molecule has 4 rings (SSSR count). The molecule has 0 aliphatic carbocycles. The second-order valence-corrected chi connectivity index (χ2v) is 11.3. The summed E-state index contributed by atoms with van der Waals surface area (Å²) in [4.78, 5) is 44.4. The van der Waals surface area contributed by atoms with Gasteiger partial charge in [-0.2, -0.15) is 5.10 Å². The summed E-state index contributed by atoms with van der Waals surface area (Å²) in [5.41, 5.74) is 10.1. The van der Waals surface area contributed by atoms with Gasteiger partial charge in [0.15, 0.2) is 6.10 Å². The van der Waals surface area contributed by atoms with E-state index in [9.17, 15) is 14.4 Å². The average Bonchev–Trinajstić information content (AvgIpc) is 2.92. The molecule has 0 spiro atoms. The second-order valence-electron chi connectivity index (χ2n) is 11.3. The van der Waals surface area contributed by atoms with Crippen LogP contribution in [0.5, 0.6) is 0 Å². The van der Waals surface area contributed by atoms with Crippen LogP contribution in [-0.4, -0.2) is 65.4 Å². The van der Waals surface area contributed by atoms with Crippen molar-refractivity contribution in [2.45, 2.75) is 65.6 Å². The molecule has 3 atom stereocenters. The molecule has 40 heavy (non-hydrogen) atoms. The van der Waals surface area contributed by atoms with Crippen molar-refractivity contribution in [1.29, 1.82) is 0 Å². The molecule has 0 saturated carbocycles. The van der Waals surface area contributed by atoms with Crippen molar-refractivity contribution in [1.82, 2.24) is 20.7 Å². The van der Waals surface area contributed by atoms with Crippen LogP contribution in [0.4, 0.5) is 5.82 Å². The number of ether oxygens (including phenoxy) is 1. The first-order valence-corrected chi connectivity index (χ1v) is 13.6. The van der Waals surface area contributed by atoms with Crippen molar-refractivity contribution in [3.05, 3.63) is 42.0 Å². The minimum atomic E-state index is -1.06. The highest BCUT2D eigenvalue weighted by Crippen LogP contribution is 2.25. The van der Waals surface area contributed by atoms with Gasteiger partial charge in [0, 0.05) is 19.0 Å². The zero-order chi connectivity index (χ0) is 29.2. The molecule has 214 valence electrons. The summed E-state index contributed by atoms with van der Waals surface area (Å²) in [5, 5.41) is 11.3. The average molecular weight is 550 g/mol. The van der Waals surface area contributed by atoms with Gasteiger partial charge >= 0.3 is 5.97 Å². The van der Waals surface area contributed by atoms with Crippen molar-refractivity contribution in [2.24, 2.45) is 22.2 Å². The van der Waals surface area contributed by atoms with Gasteiger partial charge in [-0.3, -0.25) is 19.4 Å². The van der Waals surface area contributed by atoms with Crippen LogP contribution in [0.15, 0.2) is 41.5 Å². The number of esters is 1. The number of amidine groups is 1. The van der Waals surface area contributed by atoms with Gasteiger partial charge in [-0.05, 0) is 63.3 Å². The van der Waals surface area contributed by atoms with Crippen molar-refractivity contribution in [2.75, 3.05) is 18.6 Å². The Morgan fingerprint density at radius 2 is 1.88 bits per heavy atom. The van der Waals surface area contributed by atoms with Gasteiger partial charge in [0.2, 0.25) is 0 Å². The monoisotopic (exact) mass is 549 g/mol. The molecule has 2 amide bonds. The summed E-state index contributed by atoms with van der Waals surface area (Å²) in [6.07, 6.45) is 3.92. The Kier molecular flexibility index (Phi) is 8.43. The van der Waals surface area contributed by atoms with Gasteiger partial charge in [0.1, 0.15) is 17.7 Å². The Balaban J connectivity index is 1.74. The fourth-order valence-electron chi connectivity index (χ4n) is 4.58. The number of carbonyl (C=O) groups is 3. The molecule has 11 nitrogen and oxygen atoms in total. The predicted octanol–water partition coefficient (Wildman–Crippen LogP) is 2.56. The highest BCUT2D eigenvalue weighted by atomic mass is 16.5. The van der Waals surface area contributed by atoms with Gasteiger partial charge in [-0.25, -0.2) is 15.4 Å². The summed E-state index contributed by atoms with van der Waals surface area (Å²) in [6.45, 7) is 9.11. The van der Waals surface area contributed by atoms with Gasteiger partial charge in [0.05, 0.1) is 17.0 Å². The predicted molar refractivity (Wildman–Crippen MR) is 155 cm³/mol. The quantitative estimate of drug-likeness (QED) is 0.461. The van der Waals surface area contributed by atoms with Gasteiger partial charge in [-0.1, -0.05) is 38.1 Å². The lowest BCUT2D eigenvalue weighted by Gasteiger charge is -2.35. The van der Waals surface area contributed by atoms with Gasteiger partial charge < -0.3 is 15.8 Å². The van der Waals surface area contributed by atoms with Crippen LogP contribution in [0.25, 0.3) is 17.0 Å². The Hall–Kier alpha value is -3.99. The number of rotatable bonds is 1. The number of hydrazone groups is 1. The van der Waals surface area contributed by atoms with E-state index < -0.39 is 29.4 Å². The molecule has 1 saturated heterocycles. The number of nitrogens with one attached hydrogen (secondary N) is 2. The number of fused-ring (bicyclic) bond motifs is 4. The molecule has 2 aliphatic heterocycles. The van der Waals surface area contributed by atoms with Crippen LogP contribution >= 0.6 is 0 Å². The highest BCUT2D eigenvalue weighted by Gasteiger charge is 2.35. The fraction of sp³-hybridized carbons (Fsp3) is 0.483. The number of carbonyl (C=O) groups excluding carboxylic acids is 3. The zero-order valence-corrected chi connectivity index (χ0v) is 24.0. The number of cyclic esters (lactones) is 1. The number of aromatic nitrogens is 1. The summed E-state index contributed by atoms with van der Waals surface area (Å²) in [7, 11) is 1.77. The van der Waals surface area contributed by atoms with E-state index in [1.165, 1.54) is 5.01 Å². The number of nitrogens with zero attached hydrogens (tertiary/aromatic N) is 4. The molecular formula is C29H39N7O4. The topological polar surface area (TPSA) is 142 Å². The number of benzene rings is 1. The van der Waals surface area contributed by atoms with Crippen molar-refractivity contribution >= 4 is 46.4 Å². The fourth-order valence-corrected chi connectivity index (χ4v) is 4.58. The lowest BCUT2D eigenvalue weighted by Crippen LogP contribution is -2.61. The molecule has 2 aliphatic rings. The van der Waals surface area contributed by atoms with Crippen LogP contribution < -0.4 is 21.5 Å². The first-order valence-electron chi connectivity index (χ1n) is 13.6. The van der Waals surface area contributed by atoms with Crippen LogP contribution in [0.3, 0.4) is 0 Å². The molecule has 3 unspecified atom stereocenters. The SMILES string of the molecule is CC1NC(=O)C(C(C)C)OC(=O)C(C)(C)/C=C/c2ccc3ccc(nc3c2)N(C)/N=C(\N)C2CCCN(N2)C1=O. The number of nitrogens with two attached hydrogens (primary N) is 1. The summed E-state index contributed by atoms with van der Waals surface area (Å²) in [6, 6.07) is 8.43.